The zero-order valence-electron chi connectivity index (χ0n) is 15.9. The number of benzene rings is 2. The predicted molar refractivity (Wildman–Crippen MR) is 106 cm³/mol. The number of carbonyl (C=O) groups is 1. The summed E-state index contributed by atoms with van der Waals surface area (Å²) in [5, 5.41) is -0.696. The highest BCUT2D eigenvalue weighted by atomic mass is 32.2. The summed E-state index contributed by atoms with van der Waals surface area (Å²) in [6, 6.07) is 10.8. The maximum absolute atomic E-state index is 14.7. The third-order valence-electron chi connectivity index (χ3n) is 5.70. The molecule has 152 valence electrons. The van der Waals surface area contributed by atoms with Gasteiger partial charge in [0.05, 0.1) is 0 Å². The maximum Gasteiger partial charge on any atom is 0.221 e. The van der Waals surface area contributed by atoms with E-state index in [2.05, 4.69) is 0 Å². The van der Waals surface area contributed by atoms with Crippen molar-refractivity contribution in [2.24, 2.45) is 0 Å². The van der Waals surface area contributed by atoms with E-state index in [1.807, 2.05) is 6.07 Å². The Bertz CT molecular complexity index is 1100. The van der Waals surface area contributed by atoms with Crippen molar-refractivity contribution < 1.29 is 22.0 Å². The Balaban J connectivity index is 1.65. The quantitative estimate of drug-likeness (QED) is 0.742. The lowest BCUT2D eigenvalue weighted by Crippen LogP contribution is -2.44. The van der Waals surface area contributed by atoms with Crippen molar-refractivity contribution in [2.45, 2.75) is 44.0 Å². The molecule has 2 aromatic carbocycles. The van der Waals surface area contributed by atoms with Crippen LogP contribution >= 0.6 is 0 Å². The second kappa shape index (κ2) is 7.46. The van der Waals surface area contributed by atoms with Crippen LogP contribution in [0.4, 0.5) is 8.78 Å². The molecule has 0 bridgehead atoms. The smallest absolute Gasteiger partial charge is 0.221 e. The molecular weight excluding hydrogens is 396 g/mol. The summed E-state index contributed by atoms with van der Waals surface area (Å²) in [4.78, 5) is 11.1. The molecule has 0 saturated carbocycles. The maximum atomic E-state index is 14.7. The van der Waals surface area contributed by atoms with Crippen molar-refractivity contribution in [3.8, 4) is 0 Å². The van der Waals surface area contributed by atoms with E-state index < -0.39 is 26.9 Å². The summed E-state index contributed by atoms with van der Waals surface area (Å²) in [6.45, 7) is 1.56. The highest BCUT2D eigenvalue weighted by Gasteiger charge is 2.40. The van der Waals surface area contributed by atoms with Gasteiger partial charge in [-0.2, -0.15) is 4.31 Å². The van der Waals surface area contributed by atoms with E-state index in [4.69, 9.17) is 0 Å². The van der Waals surface area contributed by atoms with Gasteiger partial charge in [0.1, 0.15) is 16.9 Å². The lowest BCUT2D eigenvalue weighted by atomic mass is 9.90. The standard InChI is InChI=1S/C22H21F2NO3S/c1-14-7-8-22(15-5-3-2-4-6-15)29(27,28)25(14)13-17-11-21(24)19(12-20(17)23)16-9-18(26)10-16/h2-6,9,11-12,14,22H,7-8,10,13H2,1H3/t14-,22+/m0/s1. The van der Waals surface area contributed by atoms with Gasteiger partial charge in [0.25, 0.3) is 0 Å². The van der Waals surface area contributed by atoms with Crippen LogP contribution < -0.4 is 0 Å². The number of ketones is 1. The Morgan fingerprint density at radius 1 is 1.07 bits per heavy atom. The molecule has 1 aliphatic heterocycles. The molecule has 1 saturated heterocycles. The van der Waals surface area contributed by atoms with Crippen molar-refractivity contribution in [3.63, 3.8) is 0 Å². The monoisotopic (exact) mass is 417 g/mol. The fraction of sp³-hybridized carbons (Fsp3) is 0.318. The molecule has 4 nitrogen and oxygen atoms in total. The van der Waals surface area contributed by atoms with Gasteiger partial charge in [-0.05, 0) is 49.1 Å². The summed E-state index contributed by atoms with van der Waals surface area (Å²) in [5.74, 6) is -1.45. The minimum absolute atomic E-state index is 0.0124. The molecule has 1 fully saturated rings. The first-order chi connectivity index (χ1) is 13.8. The Kier molecular flexibility index (Phi) is 5.12. The van der Waals surface area contributed by atoms with Crippen molar-refractivity contribution in [3.05, 3.63) is 76.9 Å². The van der Waals surface area contributed by atoms with Gasteiger partial charge in [-0.3, -0.25) is 4.79 Å². The number of hydrogen-bond acceptors (Lipinski definition) is 3. The van der Waals surface area contributed by atoms with E-state index in [1.165, 1.54) is 10.4 Å². The second-order valence-electron chi connectivity index (χ2n) is 7.65. The van der Waals surface area contributed by atoms with Crippen molar-refractivity contribution in [1.29, 1.82) is 0 Å². The normalized spacial score (nSPS) is 24.1. The lowest BCUT2D eigenvalue weighted by Gasteiger charge is -2.37. The van der Waals surface area contributed by atoms with Gasteiger partial charge in [0, 0.05) is 30.1 Å². The zero-order valence-corrected chi connectivity index (χ0v) is 16.8. The van der Waals surface area contributed by atoms with Crippen molar-refractivity contribution >= 4 is 21.4 Å². The minimum atomic E-state index is -3.73. The predicted octanol–water partition coefficient (Wildman–Crippen LogP) is 4.38. The van der Waals surface area contributed by atoms with Gasteiger partial charge in [0.15, 0.2) is 5.78 Å². The summed E-state index contributed by atoms with van der Waals surface area (Å²) >= 11 is 0. The largest absolute Gasteiger partial charge is 0.294 e. The lowest BCUT2D eigenvalue weighted by molar-refractivity contribution is -0.114. The SMILES string of the molecule is C[C@H]1CC[C@H](c2ccccc2)S(=O)(=O)N1Cc1cc(F)c(C2=CC(=O)C2)cc1F. The van der Waals surface area contributed by atoms with Crippen LogP contribution in [0.15, 0.2) is 48.5 Å². The Morgan fingerprint density at radius 2 is 1.76 bits per heavy atom. The van der Waals surface area contributed by atoms with E-state index in [9.17, 15) is 22.0 Å². The first-order valence-corrected chi connectivity index (χ1v) is 11.0. The van der Waals surface area contributed by atoms with Crippen LogP contribution in [0, 0.1) is 11.6 Å². The van der Waals surface area contributed by atoms with Crippen LogP contribution in [0.5, 0.6) is 0 Å². The molecule has 0 spiro atoms. The molecule has 0 radical (unpaired) electrons. The number of halogens is 2. The van der Waals surface area contributed by atoms with Crippen LogP contribution in [0.2, 0.25) is 0 Å². The van der Waals surface area contributed by atoms with E-state index in [-0.39, 0.29) is 35.9 Å². The van der Waals surface area contributed by atoms with Gasteiger partial charge in [-0.1, -0.05) is 30.3 Å². The van der Waals surface area contributed by atoms with E-state index in [1.54, 1.807) is 31.2 Å². The summed E-state index contributed by atoms with van der Waals surface area (Å²) in [6.07, 6.45) is 2.50. The summed E-state index contributed by atoms with van der Waals surface area (Å²) in [5.41, 5.74) is 1.21. The highest BCUT2D eigenvalue weighted by molar-refractivity contribution is 7.89. The average Bonchev–Trinajstić information content (AvgIpc) is 2.65. The van der Waals surface area contributed by atoms with Gasteiger partial charge in [0.2, 0.25) is 10.0 Å². The van der Waals surface area contributed by atoms with Gasteiger partial charge in [-0.15, -0.1) is 0 Å². The molecule has 2 aliphatic rings. The number of sulfonamides is 1. The molecule has 2 atom stereocenters. The van der Waals surface area contributed by atoms with Gasteiger partial charge >= 0.3 is 0 Å². The first-order valence-electron chi connectivity index (χ1n) is 9.54. The number of hydrogen-bond donors (Lipinski definition) is 0. The molecule has 0 N–H and O–H groups in total. The van der Waals surface area contributed by atoms with Crippen LogP contribution in [-0.2, 0) is 21.4 Å². The second-order valence-corrected chi connectivity index (χ2v) is 9.72. The van der Waals surface area contributed by atoms with Crippen LogP contribution in [0.1, 0.15) is 48.1 Å². The Morgan fingerprint density at radius 3 is 2.41 bits per heavy atom. The average molecular weight is 417 g/mol. The first kappa shape index (κ1) is 19.9. The molecule has 29 heavy (non-hydrogen) atoms. The fourth-order valence-corrected chi connectivity index (χ4v) is 6.19. The zero-order chi connectivity index (χ0) is 20.8. The number of nitrogens with zero attached hydrogens (tertiary/aromatic N) is 1. The summed E-state index contributed by atoms with van der Waals surface area (Å²) < 4.78 is 57.0. The van der Waals surface area contributed by atoms with Gasteiger partial charge in [-0.25, -0.2) is 17.2 Å². The molecule has 7 heteroatoms. The molecule has 1 heterocycles. The van der Waals surface area contributed by atoms with Crippen LogP contribution in [-0.4, -0.2) is 24.5 Å². The third kappa shape index (κ3) is 3.65. The molecule has 0 aromatic heterocycles. The van der Waals surface area contributed by atoms with E-state index in [0.717, 1.165) is 12.1 Å². The van der Waals surface area contributed by atoms with Crippen LogP contribution in [0.3, 0.4) is 0 Å². The Hall–Kier alpha value is -2.38. The topological polar surface area (TPSA) is 54.5 Å². The minimum Gasteiger partial charge on any atom is -0.294 e. The van der Waals surface area contributed by atoms with Crippen molar-refractivity contribution in [1.82, 2.24) is 4.31 Å². The van der Waals surface area contributed by atoms with Crippen molar-refractivity contribution in [2.75, 3.05) is 0 Å². The molecular formula is C22H21F2NO3S. The molecule has 1 aliphatic carbocycles. The number of carbonyl (C=O) groups excluding carboxylic acids is 1. The van der Waals surface area contributed by atoms with Gasteiger partial charge < -0.3 is 0 Å². The van der Waals surface area contributed by atoms with E-state index in [0.29, 0.717) is 24.0 Å². The van der Waals surface area contributed by atoms with E-state index >= 15 is 0 Å². The highest BCUT2D eigenvalue weighted by Crippen LogP contribution is 2.38. The van der Waals surface area contributed by atoms with Crippen LogP contribution in [0.25, 0.3) is 5.57 Å². The molecule has 0 amide bonds. The number of rotatable bonds is 4. The third-order valence-corrected chi connectivity index (χ3v) is 8.07. The molecule has 0 unspecified atom stereocenters. The summed E-state index contributed by atoms with van der Waals surface area (Å²) in [7, 11) is -3.73. The molecule has 4 rings (SSSR count). The number of allylic oxidation sites excluding steroid dienone is 2. The fourth-order valence-electron chi connectivity index (χ4n) is 4.00. The Labute approximate surface area is 168 Å². The molecule has 2 aromatic rings.